The summed E-state index contributed by atoms with van der Waals surface area (Å²) in [6.07, 6.45) is 9.92. The highest BCUT2D eigenvalue weighted by Crippen LogP contribution is 2.43. The molecule has 124 valence electrons. The van der Waals surface area contributed by atoms with Gasteiger partial charge in [-0.3, -0.25) is 19.7 Å². The zero-order valence-electron chi connectivity index (χ0n) is 13.7. The number of hydrogen-bond donors (Lipinski definition) is 1. The molecule has 5 heteroatoms. The number of hydrogen-bond acceptors (Lipinski definition) is 4. The molecule has 0 aromatic carbocycles. The van der Waals surface area contributed by atoms with Gasteiger partial charge >= 0.3 is 0 Å². The van der Waals surface area contributed by atoms with Crippen molar-refractivity contribution in [3.8, 4) is 0 Å². The van der Waals surface area contributed by atoms with Gasteiger partial charge in [0.05, 0.1) is 0 Å². The lowest BCUT2D eigenvalue weighted by Gasteiger charge is -2.43. The SMILES string of the molecule is O=C1C[C@@H](c2ccncc2)C2(CCN(Cc3ccncc3)CC2)N1. The lowest BCUT2D eigenvalue weighted by molar-refractivity contribution is -0.120. The highest BCUT2D eigenvalue weighted by molar-refractivity contribution is 5.81. The van der Waals surface area contributed by atoms with Gasteiger partial charge in [0.15, 0.2) is 0 Å². The molecule has 0 radical (unpaired) electrons. The van der Waals surface area contributed by atoms with E-state index in [9.17, 15) is 4.79 Å². The van der Waals surface area contributed by atoms with Crippen LogP contribution < -0.4 is 5.32 Å². The lowest BCUT2D eigenvalue weighted by atomic mass is 9.74. The van der Waals surface area contributed by atoms with Crippen LogP contribution in [0.4, 0.5) is 0 Å². The first kappa shape index (κ1) is 15.3. The van der Waals surface area contributed by atoms with Gasteiger partial charge in [-0.25, -0.2) is 0 Å². The third-order valence-electron chi connectivity index (χ3n) is 5.46. The third-order valence-corrected chi connectivity index (χ3v) is 5.46. The standard InChI is InChI=1S/C19H22N4O/c24-18-13-17(16-3-9-21-10-4-16)19(22-18)5-11-23(12-6-19)14-15-1-7-20-8-2-15/h1-4,7-10,17H,5-6,11-14H2,(H,22,24)/t17-/m0/s1. The van der Waals surface area contributed by atoms with E-state index in [4.69, 9.17) is 0 Å². The van der Waals surface area contributed by atoms with Gasteiger partial charge in [0.25, 0.3) is 0 Å². The molecule has 5 nitrogen and oxygen atoms in total. The number of nitrogens with one attached hydrogen (secondary N) is 1. The van der Waals surface area contributed by atoms with Crippen molar-refractivity contribution in [3.05, 3.63) is 60.2 Å². The summed E-state index contributed by atoms with van der Waals surface area (Å²) in [7, 11) is 0. The Morgan fingerprint density at radius 3 is 2.33 bits per heavy atom. The van der Waals surface area contributed by atoms with Crippen molar-refractivity contribution in [3.63, 3.8) is 0 Å². The van der Waals surface area contributed by atoms with Gasteiger partial charge in [-0.15, -0.1) is 0 Å². The predicted octanol–water partition coefficient (Wildman–Crippen LogP) is 2.11. The van der Waals surface area contributed by atoms with Gasteiger partial charge < -0.3 is 5.32 Å². The van der Waals surface area contributed by atoms with Crippen molar-refractivity contribution in [1.82, 2.24) is 20.2 Å². The average molecular weight is 322 g/mol. The van der Waals surface area contributed by atoms with Crippen molar-refractivity contribution in [1.29, 1.82) is 0 Å². The number of carbonyl (C=O) groups excluding carboxylic acids is 1. The molecule has 1 spiro atoms. The van der Waals surface area contributed by atoms with E-state index in [-0.39, 0.29) is 17.4 Å². The summed E-state index contributed by atoms with van der Waals surface area (Å²) in [4.78, 5) is 22.8. The van der Waals surface area contributed by atoms with Gasteiger partial charge in [0.1, 0.15) is 0 Å². The summed E-state index contributed by atoms with van der Waals surface area (Å²) < 4.78 is 0. The monoisotopic (exact) mass is 322 g/mol. The van der Waals surface area contributed by atoms with Gasteiger partial charge in [0.2, 0.25) is 5.91 Å². The van der Waals surface area contributed by atoms with Crippen molar-refractivity contribution in [2.24, 2.45) is 0 Å². The molecule has 0 saturated carbocycles. The van der Waals surface area contributed by atoms with Crippen molar-refractivity contribution < 1.29 is 4.79 Å². The molecule has 0 unspecified atom stereocenters. The van der Waals surface area contributed by atoms with E-state index in [2.05, 4.69) is 44.5 Å². The zero-order chi connectivity index (χ0) is 16.4. The maximum Gasteiger partial charge on any atom is 0.221 e. The Morgan fingerprint density at radius 2 is 1.67 bits per heavy atom. The fraction of sp³-hybridized carbons (Fsp3) is 0.421. The highest BCUT2D eigenvalue weighted by Gasteiger charge is 2.48. The van der Waals surface area contributed by atoms with Gasteiger partial charge in [-0.1, -0.05) is 0 Å². The van der Waals surface area contributed by atoms with Crippen molar-refractivity contribution >= 4 is 5.91 Å². The molecule has 2 fully saturated rings. The Balaban J connectivity index is 1.47. The van der Waals surface area contributed by atoms with Crippen LogP contribution >= 0.6 is 0 Å². The fourth-order valence-corrected chi connectivity index (χ4v) is 4.16. The topological polar surface area (TPSA) is 58.1 Å². The number of likely N-dealkylation sites (tertiary alicyclic amines) is 1. The first-order valence-corrected chi connectivity index (χ1v) is 8.57. The summed E-state index contributed by atoms with van der Waals surface area (Å²) in [5.41, 5.74) is 2.43. The normalized spacial score (nSPS) is 23.3. The Labute approximate surface area is 142 Å². The molecule has 24 heavy (non-hydrogen) atoms. The second-order valence-corrected chi connectivity index (χ2v) is 6.87. The Morgan fingerprint density at radius 1 is 1.04 bits per heavy atom. The Hall–Kier alpha value is -2.27. The molecule has 2 aromatic heterocycles. The average Bonchev–Trinajstić information content (AvgIpc) is 2.95. The molecule has 4 rings (SSSR count). The molecule has 2 aromatic rings. The van der Waals surface area contributed by atoms with Crippen LogP contribution in [-0.4, -0.2) is 39.4 Å². The maximum absolute atomic E-state index is 12.1. The van der Waals surface area contributed by atoms with E-state index >= 15 is 0 Å². The molecule has 2 saturated heterocycles. The van der Waals surface area contributed by atoms with E-state index in [1.165, 1.54) is 11.1 Å². The summed E-state index contributed by atoms with van der Waals surface area (Å²) in [6, 6.07) is 8.25. The summed E-state index contributed by atoms with van der Waals surface area (Å²) in [6.45, 7) is 2.96. The van der Waals surface area contributed by atoms with Gasteiger partial charge in [-0.05, 0) is 48.2 Å². The van der Waals surface area contributed by atoms with E-state index in [0.717, 1.165) is 32.5 Å². The summed E-state index contributed by atoms with van der Waals surface area (Å²) >= 11 is 0. The van der Waals surface area contributed by atoms with Crippen LogP contribution in [0.1, 0.15) is 36.3 Å². The molecule has 0 aliphatic carbocycles. The zero-order valence-corrected chi connectivity index (χ0v) is 13.7. The number of nitrogens with zero attached hydrogens (tertiary/aromatic N) is 3. The van der Waals surface area contributed by atoms with E-state index in [1.54, 1.807) is 0 Å². The summed E-state index contributed by atoms with van der Waals surface area (Å²) in [5.74, 6) is 0.440. The number of piperidine rings is 1. The van der Waals surface area contributed by atoms with Crippen molar-refractivity contribution in [2.75, 3.05) is 13.1 Å². The molecular weight excluding hydrogens is 300 g/mol. The van der Waals surface area contributed by atoms with Crippen LogP contribution in [-0.2, 0) is 11.3 Å². The van der Waals surface area contributed by atoms with E-state index < -0.39 is 0 Å². The van der Waals surface area contributed by atoms with Crippen LogP contribution in [0.15, 0.2) is 49.1 Å². The van der Waals surface area contributed by atoms with Gasteiger partial charge in [-0.2, -0.15) is 0 Å². The molecule has 1 atom stereocenters. The van der Waals surface area contributed by atoms with Crippen LogP contribution in [0, 0.1) is 0 Å². The third kappa shape index (κ3) is 2.91. The largest absolute Gasteiger partial charge is 0.350 e. The molecule has 2 aliphatic rings. The fourth-order valence-electron chi connectivity index (χ4n) is 4.16. The van der Waals surface area contributed by atoms with E-state index in [1.807, 2.05) is 24.8 Å². The minimum Gasteiger partial charge on any atom is -0.350 e. The second kappa shape index (κ2) is 6.32. The number of pyridine rings is 2. The molecule has 2 aliphatic heterocycles. The number of aromatic nitrogens is 2. The molecular formula is C19H22N4O. The van der Waals surface area contributed by atoms with Crippen LogP contribution in [0.3, 0.4) is 0 Å². The van der Waals surface area contributed by atoms with Gasteiger partial charge in [0, 0.05) is 62.3 Å². The number of rotatable bonds is 3. The highest BCUT2D eigenvalue weighted by atomic mass is 16.2. The Kier molecular flexibility index (Phi) is 4.02. The van der Waals surface area contributed by atoms with Crippen LogP contribution in [0.5, 0.6) is 0 Å². The first-order chi connectivity index (χ1) is 11.8. The second-order valence-electron chi connectivity index (χ2n) is 6.87. The number of carbonyl (C=O) groups is 1. The van der Waals surface area contributed by atoms with E-state index in [0.29, 0.717) is 6.42 Å². The van der Waals surface area contributed by atoms with Crippen molar-refractivity contribution in [2.45, 2.75) is 37.3 Å². The molecule has 0 bridgehead atoms. The smallest absolute Gasteiger partial charge is 0.221 e. The molecule has 1 N–H and O–H groups in total. The molecule has 1 amide bonds. The molecule has 4 heterocycles. The quantitative estimate of drug-likeness (QED) is 0.940. The Bertz CT molecular complexity index is 696. The summed E-state index contributed by atoms with van der Waals surface area (Å²) in [5, 5.41) is 3.31. The number of amides is 1. The minimum absolute atomic E-state index is 0.0901. The predicted molar refractivity (Wildman–Crippen MR) is 91.2 cm³/mol. The maximum atomic E-state index is 12.1. The first-order valence-electron chi connectivity index (χ1n) is 8.57. The van der Waals surface area contributed by atoms with Crippen LogP contribution in [0.2, 0.25) is 0 Å². The lowest BCUT2D eigenvalue weighted by Crippen LogP contribution is -2.53. The van der Waals surface area contributed by atoms with Crippen LogP contribution in [0.25, 0.3) is 0 Å². The minimum atomic E-state index is -0.0901.